The molecule has 0 aliphatic heterocycles. The highest BCUT2D eigenvalue weighted by Gasteiger charge is 2.06. The lowest BCUT2D eigenvalue weighted by atomic mass is 10.4. The Labute approximate surface area is 104 Å². The SMILES string of the molecule is Cc1nc(CNc2cccc3nccn23)oc1C. The van der Waals surface area contributed by atoms with Gasteiger partial charge in [-0.2, -0.15) is 0 Å². The summed E-state index contributed by atoms with van der Waals surface area (Å²) in [4.78, 5) is 8.58. The molecule has 3 aromatic heterocycles. The van der Waals surface area contributed by atoms with Gasteiger partial charge in [0.2, 0.25) is 5.89 Å². The molecule has 3 heterocycles. The number of nitrogens with zero attached hydrogens (tertiary/aromatic N) is 3. The van der Waals surface area contributed by atoms with Gasteiger partial charge in [0.25, 0.3) is 0 Å². The Kier molecular flexibility index (Phi) is 2.51. The Hall–Kier alpha value is -2.30. The molecule has 0 saturated heterocycles. The molecule has 0 radical (unpaired) electrons. The molecule has 1 N–H and O–H groups in total. The topological polar surface area (TPSA) is 55.4 Å². The summed E-state index contributed by atoms with van der Waals surface area (Å²) in [6.07, 6.45) is 3.70. The number of aryl methyl sites for hydroxylation is 2. The second-order valence-electron chi connectivity index (χ2n) is 4.17. The van der Waals surface area contributed by atoms with E-state index in [4.69, 9.17) is 4.42 Å². The highest BCUT2D eigenvalue weighted by atomic mass is 16.4. The van der Waals surface area contributed by atoms with Crippen LogP contribution in [0.4, 0.5) is 5.82 Å². The summed E-state index contributed by atoms with van der Waals surface area (Å²) in [7, 11) is 0. The molecule has 92 valence electrons. The Balaban J connectivity index is 1.82. The largest absolute Gasteiger partial charge is 0.444 e. The van der Waals surface area contributed by atoms with E-state index in [1.807, 2.05) is 42.6 Å². The summed E-state index contributed by atoms with van der Waals surface area (Å²) in [6.45, 7) is 4.42. The van der Waals surface area contributed by atoms with Crippen LogP contribution in [0.1, 0.15) is 17.3 Å². The van der Waals surface area contributed by atoms with E-state index in [0.717, 1.165) is 22.9 Å². The molecule has 0 aliphatic carbocycles. The number of fused-ring (bicyclic) bond motifs is 1. The molecule has 0 bridgehead atoms. The summed E-state index contributed by atoms with van der Waals surface area (Å²) in [5.74, 6) is 2.54. The van der Waals surface area contributed by atoms with Gasteiger partial charge in [-0.05, 0) is 26.0 Å². The number of aromatic nitrogens is 3. The third-order valence-corrected chi connectivity index (χ3v) is 2.92. The van der Waals surface area contributed by atoms with Crippen molar-refractivity contribution in [2.45, 2.75) is 20.4 Å². The minimum atomic E-state index is 0.561. The monoisotopic (exact) mass is 242 g/mol. The van der Waals surface area contributed by atoms with Crippen LogP contribution in [0.5, 0.6) is 0 Å². The van der Waals surface area contributed by atoms with E-state index in [2.05, 4.69) is 15.3 Å². The number of pyridine rings is 1. The van der Waals surface area contributed by atoms with Gasteiger partial charge in [-0.3, -0.25) is 4.40 Å². The highest BCUT2D eigenvalue weighted by molar-refractivity contribution is 5.49. The van der Waals surface area contributed by atoms with Gasteiger partial charge in [0.15, 0.2) is 0 Å². The van der Waals surface area contributed by atoms with Crippen molar-refractivity contribution >= 4 is 11.5 Å². The van der Waals surface area contributed by atoms with Crippen LogP contribution in [-0.2, 0) is 6.54 Å². The Morgan fingerprint density at radius 3 is 3.00 bits per heavy atom. The summed E-state index contributed by atoms with van der Waals surface area (Å²) in [5, 5.41) is 3.30. The summed E-state index contributed by atoms with van der Waals surface area (Å²) < 4.78 is 7.52. The molecule has 0 unspecified atom stereocenters. The first-order valence-electron chi connectivity index (χ1n) is 5.83. The third-order valence-electron chi connectivity index (χ3n) is 2.92. The van der Waals surface area contributed by atoms with Crippen molar-refractivity contribution in [2.24, 2.45) is 0 Å². The van der Waals surface area contributed by atoms with Crippen molar-refractivity contribution in [2.75, 3.05) is 5.32 Å². The Morgan fingerprint density at radius 2 is 2.22 bits per heavy atom. The molecule has 18 heavy (non-hydrogen) atoms. The zero-order chi connectivity index (χ0) is 12.5. The molecule has 0 atom stereocenters. The van der Waals surface area contributed by atoms with E-state index in [1.54, 1.807) is 6.20 Å². The van der Waals surface area contributed by atoms with E-state index < -0.39 is 0 Å². The van der Waals surface area contributed by atoms with Gasteiger partial charge in [-0.1, -0.05) is 6.07 Å². The molecule has 0 amide bonds. The van der Waals surface area contributed by atoms with Crippen LogP contribution in [0.3, 0.4) is 0 Å². The van der Waals surface area contributed by atoms with Gasteiger partial charge in [0.1, 0.15) is 17.2 Å². The molecule has 0 aromatic carbocycles. The first kappa shape index (κ1) is 10.8. The van der Waals surface area contributed by atoms with Gasteiger partial charge >= 0.3 is 0 Å². The van der Waals surface area contributed by atoms with Crippen molar-refractivity contribution in [3.63, 3.8) is 0 Å². The maximum atomic E-state index is 5.53. The van der Waals surface area contributed by atoms with Gasteiger partial charge in [-0.15, -0.1) is 0 Å². The number of imidazole rings is 1. The number of oxazole rings is 1. The Bertz CT molecular complexity index is 664. The predicted octanol–water partition coefficient (Wildman–Crippen LogP) is 2.55. The fraction of sp³-hybridized carbons (Fsp3) is 0.231. The van der Waals surface area contributed by atoms with Gasteiger partial charge in [0, 0.05) is 12.4 Å². The zero-order valence-corrected chi connectivity index (χ0v) is 10.3. The number of rotatable bonds is 3. The van der Waals surface area contributed by atoms with Gasteiger partial charge in [0.05, 0.1) is 12.2 Å². The molecular weight excluding hydrogens is 228 g/mol. The van der Waals surface area contributed by atoms with Crippen LogP contribution in [0.2, 0.25) is 0 Å². The van der Waals surface area contributed by atoms with Crippen molar-refractivity contribution in [1.29, 1.82) is 0 Å². The first-order chi connectivity index (χ1) is 8.74. The van der Waals surface area contributed by atoms with E-state index >= 15 is 0 Å². The molecule has 0 fully saturated rings. The van der Waals surface area contributed by atoms with E-state index in [0.29, 0.717) is 12.4 Å². The van der Waals surface area contributed by atoms with Crippen molar-refractivity contribution in [1.82, 2.24) is 14.4 Å². The fourth-order valence-corrected chi connectivity index (χ4v) is 1.87. The number of nitrogens with one attached hydrogen (secondary N) is 1. The molecule has 3 aromatic rings. The van der Waals surface area contributed by atoms with Crippen LogP contribution < -0.4 is 5.32 Å². The van der Waals surface area contributed by atoms with E-state index in [1.165, 1.54) is 0 Å². The minimum absolute atomic E-state index is 0.561. The third kappa shape index (κ3) is 1.84. The maximum absolute atomic E-state index is 5.53. The summed E-state index contributed by atoms with van der Waals surface area (Å²) >= 11 is 0. The van der Waals surface area contributed by atoms with Crippen LogP contribution in [0.25, 0.3) is 5.65 Å². The molecule has 0 saturated carbocycles. The van der Waals surface area contributed by atoms with Crippen LogP contribution >= 0.6 is 0 Å². The second-order valence-corrected chi connectivity index (χ2v) is 4.17. The molecule has 5 heteroatoms. The standard InChI is InChI=1S/C13H14N4O/c1-9-10(2)18-13(16-9)8-15-12-5-3-4-11-14-6-7-17(11)12/h3-7,15H,8H2,1-2H3. The minimum Gasteiger partial charge on any atom is -0.444 e. The lowest BCUT2D eigenvalue weighted by molar-refractivity contribution is 0.478. The highest BCUT2D eigenvalue weighted by Crippen LogP contribution is 2.13. The zero-order valence-electron chi connectivity index (χ0n) is 10.3. The average molecular weight is 242 g/mol. The number of hydrogen-bond donors (Lipinski definition) is 1. The van der Waals surface area contributed by atoms with Gasteiger partial charge in [-0.25, -0.2) is 9.97 Å². The van der Waals surface area contributed by atoms with Crippen molar-refractivity contribution in [3.05, 3.63) is 47.9 Å². The summed E-state index contributed by atoms with van der Waals surface area (Å²) in [5.41, 5.74) is 1.85. The predicted molar refractivity (Wildman–Crippen MR) is 68.5 cm³/mol. The number of anilines is 1. The normalized spacial score (nSPS) is 11.0. The average Bonchev–Trinajstić information content (AvgIpc) is 2.94. The summed E-state index contributed by atoms with van der Waals surface area (Å²) in [6, 6.07) is 5.93. The lowest BCUT2D eigenvalue weighted by Gasteiger charge is -2.06. The van der Waals surface area contributed by atoms with Crippen molar-refractivity contribution in [3.8, 4) is 0 Å². The first-order valence-corrected chi connectivity index (χ1v) is 5.83. The van der Waals surface area contributed by atoms with Crippen LogP contribution in [0.15, 0.2) is 35.0 Å². The quantitative estimate of drug-likeness (QED) is 0.766. The molecule has 3 rings (SSSR count). The Morgan fingerprint density at radius 1 is 1.33 bits per heavy atom. The fourth-order valence-electron chi connectivity index (χ4n) is 1.87. The maximum Gasteiger partial charge on any atom is 0.213 e. The van der Waals surface area contributed by atoms with E-state index in [-0.39, 0.29) is 0 Å². The molecule has 0 spiro atoms. The van der Waals surface area contributed by atoms with Crippen LogP contribution in [0, 0.1) is 13.8 Å². The second kappa shape index (κ2) is 4.18. The lowest BCUT2D eigenvalue weighted by Crippen LogP contribution is -2.03. The molecule has 0 aliphatic rings. The molecule has 5 nitrogen and oxygen atoms in total. The number of hydrogen-bond acceptors (Lipinski definition) is 4. The van der Waals surface area contributed by atoms with E-state index in [9.17, 15) is 0 Å². The smallest absolute Gasteiger partial charge is 0.213 e. The molecular formula is C13H14N4O. The van der Waals surface area contributed by atoms with Gasteiger partial charge < -0.3 is 9.73 Å². The van der Waals surface area contributed by atoms with Crippen molar-refractivity contribution < 1.29 is 4.42 Å². The van der Waals surface area contributed by atoms with Crippen LogP contribution in [-0.4, -0.2) is 14.4 Å².